The lowest BCUT2D eigenvalue weighted by atomic mass is 9.93. The molecule has 6 heteroatoms. The van der Waals surface area contributed by atoms with E-state index in [1.54, 1.807) is 11.0 Å². The number of methoxy groups -OCH3 is 1. The predicted molar refractivity (Wildman–Crippen MR) is 100 cm³/mol. The standard InChI is InChI=1S/C22H23F2NO3/c1-27-20-19-17(13-22(20,23)24)8-7-16-9-11-25(12-10-18(16)19)21(26)28-14-15-5-3-2-4-6-15/h2-8,20H,9-14H2,1H3. The highest BCUT2D eigenvalue weighted by molar-refractivity contribution is 5.68. The largest absolute Gasteiger partial charge is 0.445 e. The van der Waals surface area contributed by atoms with Crippen LogP contribution in [0.2, 0.25) is 0 Å². The maximum absolute atomic E-state index is 14.3. The fraction of sp³-hybridized carbons (Fsp3) is 0.409. The van der Waals surface area contributed by atoms with Gasteiger partial charge < -0.3 is 14.4 Å². The first-order valence-electron chi connectivity index (χ1n) is 9.49. The zero-order valence-electron chi connectivity index (χ0n) is 15.8. The van der Waals surface area contributed by atoms with Gasteiger partial charge in [0.15, 0.2) is 0 Å². The van der Waals surface area contributed by atoms with Gasteiger partial charge in [-0.25, -0.2) is 13.6 Å². The number of carbonyl (C=O) groups excluding carboxylic acids is 1. The van der Waals surface area contributed by atoms with Gasteiger partial charge in [0.25, 0.3) is 5.92 Å². The number of benzene rings is 2. The van der Waals surface area contributed by atoms with E-state index in [2.05, 4.69) is 0 Å². The Balaban J connectivity index is 1.48. The molecule has 1 unspecified atom stereocenters. The van der Waals surface area contributed by atoms with Crippen LogP contribution in [0.15, 0.2) is 42.5 Å². The summed E-state index contributed by atoms with van der Waals surface area (Å²) < 4.78 is 39.3. The minimum Gasteiger partial charge on any atom is -0.445 e. The molecule has 2 aromatic rings. The van der Waals surface area contributed by atoms with E-state index < -0.39 is 12.0 Å². The SMILES string of the molecule is COC1c2c(ccc3c2CCN(C(=O)OCc2ccccc2)CC3)CC1(F)F. The van der Waals surface area contributed by atoms with E-state index >= 15 is 0 Å². The number of ether oxygens (including phenoxy) is 2. The highest BCUT2D eigenvalue weighted by Gasteiger charge is 2.49. The molecule has 0 aromatic heterocycles. The molecule has 2 aliphatic rings. The van der Waals surface area contributed by atoms with Crippen LogP contribution in [0.3, 0.4) is 0 Å². The number of fused-ring (bicyclic) bond motifs is 3. The summed E-state index contributed by atoms with van der Waals surface area (Å²) >= 11 is 0. The van der Waals surface area contributed by atoms with E-state index in [4.69, 9.17) is 9.47 Å². The maximum Gasteiger partial charge on any atom is 0.410 e. The monoisotopic (exact) mass is 387 g/mol. The number of amides is 1. The van der Waals surface area contributed by atoms with Crippen molar-refractivity contribution in [3.8, 4) is 0 Å². The van der Waals surface area contributed by atoms with Crippen molar-refractivity contribution in [2.24, 2.45) is 0 Å². The van der Waals surface area contributed by atoms with Gasteiger partial charge in [-0.15, -0.1) is 0 Å². The number of alkyl halides is 2. The summed E-state index contributed by atoms with van der Waals surface area (Å²) in [6, 6.07) is 13.2. The Hall–Kier alpha value is -2.47. The van der Waals surface area contributed by atoms with Crippen LogP contribution in [0.1, 0.15) is 33.9 Å². The second kappa shape index (κ2) is 7.51. The van der Waals surface area contributed by atoms with Crippen molar-refractivity contribution >= 4 is 6.09 Å². The first kappa shape index (κ1) is 18.9. The molecule has 0 spiro atoms. The Morgan fingerprint density at radius 1 is 1.11 bits per heavy atom. The number of carbonyl (C=O) groups is 1. The summed E-state index contributed by atoms with van der Waals surface area (Å²) in [4.78, 5) is 14.1. The van der Waals surface area contributed by atoms with Crippen LogP contribution < -0.4 is 0 Å². The summed E-state index contributed by atoms with van der Waals surface area (Å²) in [6.45, 7) is 1.17. The molecule has 4 rings (SSSR count). The smallest absolute Gasteiger partial charge is 0.410 e. The van der Waals surface area contributed by atoms with E-state index in [0.29, 0.717) is 37.1 Å². The summed E-state index contributed by atoms with van der Waals surface area (Å²) in [5, 5.41) is 0. The molecule has 0 saturated heterocycles. The van der Waals surface area contributed by atoms with Gasteiger partial charge in [0, 0.05) is 26.6 Å². The molecule has 0 bridgehead atoms. The summed E-state index contributed by atoms with van der Waals surface area (Å²) in [5.41, 5.74) is 4.11. The number of rotatable bonds is 3. The Kier molecular flexibility index (Phi) is 5.06. The van der Waals surface area contributed by atoms with Crippen molar-refractivity contribution in [2.45, 2.75) is 37.9 Å². The fourth-order valence-corrected chi connectivity index (χ4v) is 4.22. The third kappa shape index (κ3) is 3.49. The van der Waals surface area contributed by atoms with Crippen LogP contribution >= 0.6 is 0 Å². The first-order valence-corrected chi connectivity index (χ1v) is 9.49. The molecule has 28 heavy (non-hydrogen) atoms. The Labute approximate surface area is 163 Å². The Morgan fingerprint density at radius 2 is 1.82 bits per heavy atom. The van der Waals surface area contributed by atoms with Crippen molar-refractivity contribution in [1.82, 2.24) is 4.90 Å². The third-order valence-electron chi connectivity index (χ3n) is 5.60. The molecule has 1 aliphatic heterocycles. The quantitative estimate of drug-likeness (QED) is 0.788. The van der Waals surface area contributed by atoms with Gasteiger partial charge in [-0.3, -0.25) is 0 Å². The predicted octanol–water partition coefficient (Wildman–Crippen LogP) is 4.30. The molecule has 1 heterocycles. The van der Waals surface area contributed by atoms with Gasteiger partial charge in [0.1, 0.15) is 12.7 Å². The van der Waals surface area contributed by atoms with E-state index in [9.17, 15) is 13.6 Å². The van der Waals surface area contributed by atoms with Crippen LogP contribution in [0.25, 0.3) is 0 Å². The lowest BCUT2D eigenvalue weighted by Crippen LogP contribution is -2.33. The number of hydrogen-bond acceptors (Lipinski definition) is 3. The molecule has 0 saturated carbocycles. The molecule has 1 atom stereocenters. The molecule has 1 amide bonds. The van der Waals surface area contributed by atoms with Gasteiger partial charge >= 0.3 is 6.09 Å². The van der Waals surface area contributed by atoms with E-state index in [1.165, 1.54) is 7.11 Å². The highest BCUT2D eigenvalue weighted by Crippen LogP contribution is 2.47. The van der Waals surface area contributed by atoms with Crippen molar-refractivity contribution in [3.05, 3.63) is 70.3 Å². The van der Waals surface area contributed by atoms with Gasteiger partial charge in [-0.1, -0.05) is 42.5 Å². The second-order valence-electron chi connectivity index (χ2n) is 7.36. The average molecular weight is 387 g/mol. The number of nitrogens with zero attached hydrogens (tertiary/aromatic N) is 1. The number of halogens is 2. The molecular formula is C22H23F2NO3. The molecule has 148 valence electrons. The Bertz CT molecular complexity index is 870. The lowest BCUT2D eigenvalue weighted by Gasteiger charge is -2.21. The van der Waals surface area contributed by atoms with Crippen molar-refractivity contribution in [2.75, 3.05) is 20.2 Å². The van der Waals surface area contributed by atoms with Gasteiger partial charge in [-0.2, -0.15) is 0 Å². The zero-order chi connectivity index (χ0) is 19.7. The molecule has 2 aromatic carbocycles. The van der Waals surface area contributed by atoms with Gasteiger partial charge in [0.2, 0.25) is 0 Å². The average Bonchev–Trinajstić information content (AvgIpc) is 2.82. The molecule has 0 N–H and O–H groups in total. The normalized spacial score (nSPS) is 20.2. The van der Waals surface area contributed by atoms with E-state index in [-0.39, 0.29) is 19.1 Å². The fourth-order valence-electron chi connectivity index (χ4n) is 4.22. The van der Waals surface area contributed by atoms with Crippen molar-refractivity contribution in [3.63, 3.8) is 0 Å². The minimum absolute atomic E-state index is 0.219. The van der Waals surface area contributed by atoms with Gasteiger partial charge in [-0.05, 0) is 40.7 Å². The third-order valence-corrected chi connectivity index (χ3v) is 5.60. The van der Waals surface area contributed by atoms with Crippen LogP contribution in [0, 0.1) is 0 Å². The first-order chi connectivity index (χ1) is 13.5. The van der Waals surface area contributed by atoms with Crippen LogP contribution in [-0.2, 0) is 35.3 Å². The van der Waals surface area contributed by atoms with Crippen LogP contribution in [-0.4, -0.2) is 37.1 Å². The zero-order valence-corrected chi connectivity index (χ0v) is 15.8. The molecule has 0 radical (unpaired) electrons. The van der Waals surface area contributed by atoms with Crippen LogP contribution in [0.4, 0.5) is 13.6 Å². The van der Waals surface area contributed by atoms with Crippen molar-refractivity contribution in [1.29, 1.82) is 0 Å². The number of hydrogen-bond donors (Lipinski definition) is 0. The molecule has 1 aliphatic carbocycles. The summed E-state index contributed by atoms with van der Waals surface area (Å²) in [7, 11) is 1.33. The minimum atomic E-state index is -2.90. The van der Waals surface area contributed by atoms with Crippen LogP contribution in [0.5, 0.6) is 0 Å². The summed E-state index contributed by atoms with van der Waals surface area (Å²) in [5.74, 6) is -2.90. The maximum atomic E-state index is 14.3. The van der Waals surface area contributed by atoms with E-state index in [1.807, 2.05) is 36.4 Å². The summed E-state index contributed by atoms with van der Waals surface area (Å²) in [6.07, 6.45) is -0.743. The molecular weight excluding hydrogens is 364 g/mol. The topological polar surface area (TPSA) is 38.8 Å². The van der Waals surface area contributed by atoms with Crippen molar-refractivity contribution < 1.29 is 23.0 Å². The highest BCUT2D eigenvalue weighted by atomic mass is 19.3. The molecule has 0 fully saturated rings. The van der Waals surface area contributed by atoms with Gasteiger partial charge in [0.05, 0.1) is 0 Å². The second-order valence-corrected chi connectivity index (χ2v) is 7.36. The lowest BCUT2D eigenvalue weighted by molar-refractivity contribution is -0.114. The Morgan fingerprint density at radius 3 is 2.57 bits per heavy atom. The molecule has 4 nitrogen and oxygen atoms in total. The van der Waals surface area contributed by atoms with E-state index in [0.717, 1.165) is 16.7 Å².